The van der Waals surface area contributed by atoms with E-state index in [0.29, 0.717) is 41.5 Å². The van der Waals surface area contributed by atoms with Crippen molar-refractivity contribution in [3.8, 4) is 17.2 Å². The third-order valence-corrected chi connectivity index (χ3v) is 7.34. The predicted molar refractivity (Wildman–Crippen MR) is 148 cm³/mol. The zero-order valence-electron chi connectivity index (χ0n) is 22.7. The maximum Gasteiger partial charge on any atom is 0.247 e. The molecule has 1 aromatic heterocycles. The van der Waals surface area contributed by atoms with Gasteiger partial charge in [0.05, 0.1) is 18.7 Å². The van der Waals surface area contributed by atoms with Crippen LogP contribution < -0.4 is 19.5 Å². The number of para-hydroxylation sites is 1. The molecule has 0 saturated carbocycles. The van der Waals surface area contributed by atoms with Gasteiger partial charge >= 0.3 is 0 Å². The predicted octanol–water partition coefficient (Wildman–Crippen LogP) is 3.23. The molecule has 0 unspecified atom stereocenters. The lowest BCUT2D eigenvalue weighted by Crippen LogP contribution is -2.46. The summed E-state index contributed by atoms with van der Waals surface area (Å²) >= 11 is 0. The maximum absolute atomic E-state index is 14.1. The average Bonchev–Trinajstić information content (AvgIpc) is 3.78. The first-order valence-electron chi connectivity index (χ1n) is 13.6. The molecule has 11 nitrogen and oxygen atoms in total. The Morgan fingerprint density at radius 2 is 1.93 bits per heavy atom. The van der Waals surface area contributed by atoms with E-state index in [0.717, 1.165) is 23.9 Å². The summed E-state index contributed by atoms with van der Waals surface area (Å²) in [5.74, 6) is 1.28. The van der Waals surface area contributed by atoms with Crippen molar-refractivity contribution in [2.45, 2.75) is 38.1 Å². The molecule has 2 amide bonds. The van der Waals surface area contributed by atoms with Crippen LogP contribution in [0.25, 0.3) is 11.0 Å². The highest BCUT2D eigenvalue weighted by Gasteiger charge is 2.33. The lowest BCUT2D eigenvalue weighted by Gasteiger charge is -2.32. The number of benzene rings is 3. The number of carbonyl (C=O) groups is 2. The zero-order chi connectivity index (χ0) is 28.2. The molecule has 41 heavy (non-hydrogen) atoms. The normalized spacial score (nSPS) is 16.5. The second-order valence-corrected chi connectivity index (χ2v) is 10.0. The fourth-order valence-corrected chi connectivity index (χ4v) is 5.19. The first-order valence-corrected chi connectivity index (χ1v) is 13.6. The number of rotatable bonds is 10. The molecule has 3 aromatic carbocycles. The number of aromatic nitrogens is 3. The van der Waals surface area contributed by atoms with Gasteiger partial charge in [0.25, 0.3) is 0 Å². The molecule has 1 N–H and O–H groups in total. The van der Waals surface area contributed by atoms with E-state index in [1.54, 1.807) is 41.0 Å². The van der Waals surface area contributed by atoms with Crippen molar-refractivity contribution in [3.05, 3.63) is 77.9 Å². The van der Waals surface area contributed by atoms with Crippen LogP contribution in [0.3, 0.4) is 0 Å². The highest BCUT2D eigenvalue weighted by atomic mass is 16.7. The van der Waals surface area contributed by atoms with Crippen molar-refractivity contribution < 1.29 is 28.5 Å². The fraction of sp³-hybridized carbons (Fsp3) is 0.333. The fourth-order valence-electron chi connectivity index (χ4n) is 5.19. The van der Waals surface area contributed by atoms with E-state index in [1.165, 1.54) is 0 Å². The van der Waals surface area contributed by atoms with Gasteiger partial charge in [0.2, 0.25) is 18.6 Å². The van der Waals surface area contributed by atoms with E-state index >= 15 is 0 Å². The Labute approximate surface area is 236 Å². The monoisotopic (exact) mass is 557 g/mol. The first-order chi connectivity index (χ1) is 20.1. The molecule has 0 aliphatic carbocycles. The van der Waals surface area contributed by atoms with Crippen LogP contribution in [-0.4, -0.2) is 64.9 Å². The Morgan fingerprint density at radius 1 is 1.10 bits per heavy atom. The summed E-state index contributed by atoms with van der Waals surface area (Å²) in [4.78, 5) is 29.6. The summed E-state index contributed by atoms with van der Waals surface area (Å²) in [6.45, 7) is 1.23. The van der Waals surface area contributed by atoms with E-state index in [2.05, 4.69) is 15.6 Å². The molecule has 2 atom stereocenters. The lowest BCUT2D eigenvalue weighted by molar-refractivity contribution is -0.142. The van der Waals surface area contributed by atoms with E-state index in [9.17, 15) is 9.59 Å². The van der Waals surface area contributed by atoms with Crippen molar-refractivity contribution in [1.82, 2.24) is 25.2 Å². The van der Waals surface area contributed by atoms with Crippen molar-refractivity contribution in [3.63, 3.8) is 0 Å². The third-order valence-electron chi connectivity index (χ3n) is 7.34. The van der Waals surface area contributed by atoms with Crippen LogP contribution >= 0.6 is 0 Å². The molecular weight excluding hydrogens is 526 g/mol. The van der Waals surface area contributed by atoms with E-state index in [-0.39, 0.29) is 37.8 Å². The molecule has 2 aliphatic rings. The molecule has 6 rings (SSSR count). The molecule has 1 saturated heterocycles. The third kappa shape index (κ3) is 5.80. The minimum absolute atomic E-state index is 0.0463. The summed E-state index contributed by atoms with van der Waals surface area (Å²) in [6.07, 6.45) is 1.80. The van der Waals surface area contributed by atoms with Gasteiger partial charge in [0.1, 0.15) is 23.9 Å². The number of ether oxygens (including phenoxy) is 4. The van der Waals surface area contributed by atoms with Crippen LogP contribution in [0.4, 0.5) is 0 Å². The maximum atomic E-state index is 14.1. The molecule has 11 heteroatoms. The number of amides is 2. The van der Waals surface area contributed by atoms with Gasteiger partial charge in [0.15, 0.2) is 11.5 Å². The second kappa shape index (κ2) is 11.8. The van der Waals surface area contributed by atoms with Crippen LogP contribution in [0.5, 0.6) is 17.2 Å². The Balaban J connectivity index is 1.35. The molecule has 4 aromatic rings. The van der Waals surface area contributed by atoms with Gasteiger partial charge in [0, 0.05) is 19.7 Å². The Kier molecular flexibility index (Phi) is 7.68. The minimum Gasteiger partial charge on any atom is -0.497 e. The Hall–Kier alpha value is -4.64. The van der Waals surface area contributed by atoms with Gasteiger partial charge in [-0.25, -0.2) is 4.68 Å². The van der Waals surface area contributed by atoms with Gasteiger partial charge in [-0.1, -0.05) is 35.5 Å². The summed E-state index contributed by atoms with van der Waals surface area (Å²) in [5, 5.41) is 11.4. The van der Waals surface area contributed by atoms with Crippen molar-refractivity contribution in [2.24, 2.45) is 0 Å². The van der Waals surface area contributed by atoms with Gasteiger partial charge in [-0.05, 0) is 60.4 Å². The SMILES string of the molecule is COc1ccc([C@H](C(=O)NC[C@H]2CCCO2)N(Cc2ccc3c(c2)OCO3)C(=O)Cn2nnc3ccccc32)cc1. The number of methoxy groups -OCH3 is 1. The van der Waals surface area contributed by atoms with Gasteiger partial charge < -0.3 is 29.2 Å². The largest absolute Gasteiger partial charge is 0.497 e. The number of fused-ring (bicyclic) bond motifs is 2. The second-order valence-electron chi connectivity index (χ2n) is 10.0. The number of nitrogens with zero attached hydrogens (tertiary/aromatic N) is 4. The summed E-state index contributed by atoms with van der Waals surface area (Å²) in [6, 6.07) is 19.2. The minimum atomic E-state index is -0.935. The van der Waals surface area contributed by atoms with E-state index < -0.39 is 6.04 Å². The summed E-state index contributed by atoms with van der Waals surface area (Å²) < 4.78 is 23.7. The van der Waals surface area contributed by atoms with Crippen LogP contribution in [0.1, 0.15) is 30.0 Å². The van der Waals surface area contributed by atoms with Gasteiger partial charge in [-0.3, -0.25) is 9.59 Å². The molecule has 3 heterocycles. The molecule has 2 aliphatic heterocycles. The van der Waals surface area contributed by atoms with Gasteiger partial charge in [-0.2, -0.15) is 0 Å². The topological polar surface area (TPSA) is 117 Å². The molecule has 0 radical (unpaired) electrons. The average molecular weight is 558 g/mol. The first kappa shape index (κ1) is 26.6. The van der Waals surface area contributed by atoms with Crippen LogP contribution in [0.2, 0.25) is 0 Å². The number of hydrogen-bond donors (Lipinski definition) is 1. The summed E-state index contributed by atoms with van der Waals surface area (Å²) in [5.41, 5.74) is 2.85. The quantitative estimate of drug-likeness (QED) is 0.316. The van der Waals surface area contributed by atoms with Gasteiger partial charge in [-0.15, -0.1) is 5.10 Å². The van der Waals surface area contributed by atoms with Crippen molar-refractivity contribution in [2.75, 3.05) is 27.1 Å². The zero-order valence-corrected chi connectivity index (χ0v) is 22.7. The highest BCUT2D eigenvalue weighted by molar-refractivity contribution is 5.89. The molecular formula is C30H31N5O6. The van der Waals surface area contributed by atoms with Crippen LogP contribution in [0, 0.1) is 0 Å². The molecule has 1 fully saturated rings. The van der Waals surface area contributed by atoms with Crippen LogP contribution in [0.15, 0.2) is 66.7 Å². The smallest absolute Gasteiger partial charge is 0.247 e. The number of carbonyl (C=O) groups excluding carboxylic acids is 2. The van der Waals surface area contributed by atoms with Crippen molar-refractivity contribution >= 4 is 22.8 Å². The Bertz CT molecular complexity index is 1530. The number of nitrogens with one attached hydrogen (secondary N) is 1. The molecule has 0 spiro atoms. The molecule has 0 bridgehead atoms. The summed E-state index contributed by atoms with van der Waals surface area (Å²) in [7, 11) is 1.58. The van der Waals surface area contributed by atoms with E-state index in [1.807, 2.05) is 42.5 Å². The standard InChI is InChI=1S/C30H31N5O6/c1-38-22-11-9-21(10-12-22)29(30(37)31-16-23-5-4-14-39-23)34(17-20-8-13-26-27(15-20)41-19-40-26)28(36)18-35-25-7-3-2-6-24(25)32-33-35/h2-3,6-13,15,23,29H,4-5,14,16-19H2,1H3,(H,31,37)/t23-,29-/m1/s1. The van der Waals surface area contributed by atoms with Crippen molar-refractivity contribution in [1.29, 1.82) is 0 Å². The highest BCUT2D eigenvalue weighted by Crippen LogP contribution is 2.34. The lowest BCUT2D eigenvalue weighted by atomic mass is 10.0. The number of hydrogen-bond acceptors (Lipinski definition) is 8. The van der Waals surface area contributed by atoms with E-state index in [4.69, 9.17) is 18.9 Å². The van der Waals surface area contributed by atoms with Crippen LogP contribution in [-0.2, 0) is 27.4 Å². The molecule has 212 valence electrons. The Morgan fingerprint density at radius 3 is 2.73 bits per heavy atom.